The molecule has 1 aliphatic carbocycles. The van der Waals surface area contributed by atoms with E-state index in [9.17, 15) is 9.59 Å². The number of benzene rings is 1. The third-order valence-electron chi connectivity index (χ3n) is 7.07. The molecule has 1 aromatic heterocycles. The predicted octanol–water partition coefficient (Wildman–Crippen LogP) is 4.47. The number of hydrogen-bond acceptors (Lipinski definition) is 3. The summed E-state index contributed by atoms with van der Waals surface area (Å²) in [6, 6.07) is 10.4. The van der Waals surface area contributed by atoms with Crippen LogP contribution >= 0.6 is 12.4 Å². The minimum atomic E-state index is -0.136. The Morgan fingerprint density at radius 3 is 2.50 bits per heavy atom. The molecule has 2 fully saturated rings. The van der Waals surface area contributed by atoms with Gasteiger partial charge in [0.1, 0.15) is 5.56 Å². The first-order valence-corrected chi connectivity index (χ1v) is 11.8. The van der Waals surface area contributed by atoms with Crippen LogP contribution in [0.15, 0.2) is 41.3 Å². The standard InChI is InChI=1S/C26H35N3O2.ClH/c1-19-8-3-4-10-22(19)18-29(23-11-5-6-12-23)26(31)24-20(2)13-15-28(25(24)30)17-21-9-7-14-27-16-21;/h3-4,8,10,13,15,21,23,27H,5-7,9,11-12,14,16-18H2,1-2H3;1H. The van der Waals surface area contributed by atoms with Gasteiger partial charge in [-0.15, -0.1) is 12.4 Å². The summed E-state index contributed by atoms with van der Waals surface area (Å²) in [5.74, 6) is 0.337. The zero-order valence-electron chi connectivity index (χ0n) is 19.3. The number of piperidine rings is 1. The zero-order chi connectivity index (χ0) is 21.8. The van der Waals surface area contributed by atoms with Gasteiger partial charge in [-0.3, -0.25) is 9.59 Å². The van der Waals surface area contributed by atoms with Crippen LogP contribution in [0.25, 0.3) is 0 Å². The maximum atomic E-state index is 13.8. The lowest BCUT2D eigenvalue weighted by molar-refractivity contribution is 0.0660. The Hall–Kier alpha value is -2.11. The van der Waals surface area contributed by atoms with E-state index in [1.54, 1.807) is 4.57 Å². The van der Waals surface area contributed by atoms with E-state index in [0.717, 1.165) is 62.7 Å². The van der Waals surface area contributed by atoms with Crippen molar-refractivity contribution in [1.29, 1.82) is 0 Å². The summed E-state index contributed by atoms with van der Waals surface area (Å²) in [7, 11) is 0. The Balaban J connectivity index is 0.00000289. The van der Waals surface area contributed by atoms with Gasteiger partial charge in [0.2, 0.25) is 0 Å². The monoisotopic (exact) mass is 457 g/mol. The fourth-order valence-electron chi connectivity index (χ4n) is 5.12. The molecule has 1 saturated heterocycles. The van der Waals surface area contributed by atoms with Crippen molar-refractivity contribution >= 4 is 18.3 Å². The van der Waals surface area contributed by atoms with Crippen LogP contribution in [0.4, 0.5) is 0 Å². The summed E-state index contributed by atoms with van der Waals surface area (Å²) in [5.41, 5.74) is 3.34. The maximum Gasteiger partial charge on any atom is 0.263 e. The number of aromatic nitrogens is 1. The van der Waals surface area contributed by atoms with E-state index in [4.69, 9.17) is 0 Å². The molecule has 174 valence electrons. The highest BCUT2D eigenvalue weighted by Crippen LogP contribution is 2.27. The number of nitrogens with zero attached hydrogens (tertiary/aromatic N) is 2. The smallest absolute Gasteiger partial charge is 0.263 e. The lowest BCUT2D eigenvalue weighted by Gasteiger charge is -2.30. The Labute approximate surface area is 197 Å². The molecule has 0 spiro atoms. The number of amides is 1. The van der Waals surface area contributed by atoms with Crippen LogP contribution in [0, 0.1) is 19.8 Å². The van der Waals surface area contributed by atoms with Gasteiger partial charge in [0, 0.05) is 25.3 Å². The molecule has 32 heavy (non-hydrogen) atoms. The third kappa shape index (κ3) is 5.44. The van der Waals surface area contributed by atoms with Gasteiger partial charge < -0.3 is 14.8 Å². The van der Waals surface area contributed by atoms with Crippen LogP contribution in [0.3, 0.4) is 0 Å². The SMILES string of the molecule is Cc1ccccc1CN(C(=O)c1c(C)ccn(CC2CCCNC2)c1=O)C1CCCC1.Cl. The number of nitrogens with one attached hydrogen (secondary N) is 1. The van der Waals surface area contributed by atoms with E-state index < -0.39 is 0 Å². The molecule has 1 amide bonds. The van der Waals surface area contributed by atoms with E-state index in [1.165, 1.54) is 5.56 Å². The molecule has 0 bridgehead atoms. The topological polar surface area (TPSA) is 54.3 Å². The second-order valence-corrected chi connectivity index (χ2v) is 9.34. The lowest BCUT2D eigenvalue weighted by Crippen LogP contribution is -2.43. The highest BCUT2D eigenvalue weighted by atomic mass is 35.5. The Morgan fingerprint density at radius 2 is 1.81 bits per heavy atom. The van der Waals surface area contributed by atoms with Crippen molar-refractivity contribution in [2.24, 2.45) is 5.92 Å². The van der Waals surface area contributed by atoms with Gasteiger partial charge in [0.25, 0.3) is 11.5 Å². The summed E-state index contributed by atoms with van der Waals surface area (Å²) in [6.07, 6.45) is 8.46. The van der Waals surface area contributed by atoms with Crippen molar-refractivity contribution < 1.29 is 4.79 Å². The molecule has 1 unspecified atom stereocenters. The number of rotatable bonds is 6. The lowest BCUT2D eigenvalue weighted by atomic mass is 9.99. The van der Waals surface area contributed by atoms with Gasteiger partial charge in [0.15, 0.2) is 0 Å². The molecule has 2 heterocycles. The van der Waals surface area contributed by atoms with E-state index in [-0.39, 0.29) is 29.9 Å². The zero-order valence-corrected chi connectivity index (χ0v) is 20.1. The largest absolute Gasteiger partial charge is 0.331 e. The normalized spacial score (nSPS) is 18.9. The van der Waals surface area contributed by atoms with Gasteiger partial charge in [-0.05, 0) is 81.3 Å². The van der Waals surface area contributed by atoms with Crippen molar-refractivity contribution in [3.8, 4) is 0 Å². The molecule has 2 aliphatic rings. The first kappa shape index (κ1) is 24.5. The van der Waals surface area contributed by atoms with Gasteiger partial charge in [-0.2, -0.15) is 0 Å². The third-order valence-corrected chi connectivity index (χ3v) is 7.07. The number of carbonyl (C=O) groups excluding carboxylic acids is 1. The van der Waals surface area contributed by atoms with E-state index in [1.807, 2.05) is 36.2 Å². The number of hydrogen-bond donors (Lipinski definition) is 1. The molecule has 1 N–H and O–H groups in total. The Bertz CT molecular complexity index is 975. The number of halogens is 1. The van der Waals surface area contributed by atoms with Crippen LogP contribution in [0.5, 0.6) is 0 Å². The van der Waals surface area contributed by atoms with Crippen LogP contribution in [0.2, 0.25) is 0 Å². The summed E-state index contributed by atoms with van der Waals surface area (Å²) < 4.78 is 1.76. The molecule has 1 atom stereocenters. The number of pyridine rings is 1. The van der Waals surface area contributed by atoms with E-state index in [0.29, 0.717) is 24.6 Å². The molecular weight excluding hydrogens is 422 g/mol. The molecule has 5 nitrogen and oxygen atoms in total. The molecule has 4 rings (SSSR count). The molecule has 1 aromatic carbocycles. The fraction of sp³-hybridized carbons (Fsp3) is 0.538. The van der Waals surface area contributed by atoms with Gasteiger partial charge in [-0.1, -0.05) is 37.1 Å². The van der Waals surface area contributed by atoms with Crippen molar-refractivity contribution in [1.82, 2.24) is 14.8 Å². The highest BCUT2D eigenvalue weighted by molar-refractivity contribution is 5.95. The van der Waals surface area contributed by atoms with Crippen LogP contribution < -0.4 is 10.9 Å². The van der Waals surface area contributed by atoms with E-state index >= 15 is 0 Å². The summed E-state index contributed by atoms with van der Waals surface area (Å²) >= 11 is 0. The molecule has 0 radical (unpaired) electrons. The first-order valence-electron chi connectivity index (χ1n) is 11.8. The fourth-order valence-corrected chi connectivity index (χ4v) is 5.12. The average Bonchev–Trinajstić information content (AvgIpc) is 3.30. The van der Waals surface area contributed by atoms with Crippen molar-refractivity contribution in [2.45, 2.75) is 71.5 Å². The number of aryl methyl sites for hydroxylation is 2. The quantitative estimate of drug-likeness (QED) is 0.696. The predicted molar refractivity (Wildman–Crippen MR) is 132 cm³/mol. The van der Waals surface area contributed by atoms with Crippen molar-refractivity contribution in [3.63, 3.8) is 0 Å². The van der Waals surface area contributed by atoms with Crippen LogP contribution in [0.1, 0.15) is 65.6 Å². The van der Waals surface area contributed by atoms with Gasteiger partial charge in [0.05, 0.1) is 0 Å². The van der Waals surface area contributed by atoms with Crippen LogP contribution in [-0.2, 0) is 13.1 Å². The molecular formula is C26H36ClN3O2. The summed E-state index contributed by atoms with van der Waals surface area (Å²) in [4.78, 5) is 29.3. The van der Waals surface area contributed by atoms with Crippen LogP contribution in [-0.4, -0.2) is 34.5 Å². The Kier molecular flexibility index (Phi) is 8.55. The van der Waals surface area contributed by atoms with Crippen molar-refractivity contribution in [3.05, 3.63) is 69.1 Å². The summed E-state index contributed by atoms with van der Waals surface area (Å²) in [6.45, 7) is 7.21. The van der Waals surface area contributed by atoms with E-state index in [2.05, 4.69) is 24.4 Å². The highest BCUT2D eigenvalue weighted by Gasteiger charge is 2.30. The van der Waals surface area contributed by atoms with Gasteiger partial charge in [-0.25, -0.2) is 0 Å². The molecule has 1 saturated carbocycles. The molecule has 1 aliphatic heterocycles. The Morgan fingerprint density at radius 1 is 1.06 bits per heavy atom. The minimum absolute atomic E-state index is 0. The second kappa shape index (κ2) is 11.2. The minimum Gasteiger partial charge on any atom is -0.331 e. The van der Waals surface area contributed by atoms with Crippen molar-refractivity contribution in [2.75, 3.05) is 13.1 Å². The first-order chi connectivity index (χ1) is 15.0. The van der Waals surface area contributed by atoms with Gasteiger partial charge >= 0.3 is 0 Å². The molecule has 6 heteroatoms. The average molecular weight is 458 g/mol. The second-order valence-electron chi connectivity index (χ2n) is 9.34. The summed E-state index contributed by atoms with van der Waals surface area (Å²) in [5, 5.41) is 3.42. The maximum absolute atomic E-state index is 13.8. The number of carbonyl (C=O) groups is 1. The molecule has 2 aromatic rings.